The van der Waals surface area contributed by atoms with Gasteiger partial charge in [0, 0.05) is 37.0 Å². The van der Waals surface area contributed by atoms with E-state index in [1.807, 2.05) is 19.2 Å². The highest BCUT2D eigenvalue weighted by Gasteiger charge is 2.08. The van der Waals surface area contributed by atoms with Crippen molar-refractivity contribution in [2.45, 2.75) is 26.4 Å². The summed E-state index contributed by atoms with van der Waals surface area (Å²) in [6.45, 7) is 5.54. The molecule has 0 aliphatic rings. The molecule has 1 heterocycles. The minimum absolute atomic E-state index is 0.00772. The number of aliphatic hydroxyl groups is 1. The maximum absolute atomic E-state index is 10.6. The number of thiazole rings is 1. The monoisotopic (exact) mass is 407 g/mol. The van der Waals surface area contributed by atoms with E-state index in [-0.39, 0.29) is 18.8 Å². The molecule has 0 bridgehead atoms. The van der Waals surface area contributed by atoms with Crippen LogP contribution in [-0.4, -0.2) is 53.3 Å². The highest BCUT2D eigenvalue weighted by Crippen LogP contribution is 2.17. The second-order valence-corrected chi connectivity index (χ2v) is 7.03. The Bertz CT molecular complexity index is 779. The maximum Gasteiger partial charge on any atom is 0.269 e. The molecule has 3 N–H and O–H groups in total. The Hall–Kier alpha value is -2.72. The van der Waals surface area contributed by atoms with Crippen molar-refractivity contribution in [2.24, 2.45) is 4.99 Å². The Balaban J connectivity index is 1.76. The number of aliphatic hydroxyl groups excluding tert-OH is 1. The number of nitrogens with zero attached hydrogens (tertiary/aromatic N) is 3. The van der Waals surface area contributed by atoms with Crippen LogP contribution in [0.4, 0.5) is 5.69 Å². The van der Waals surface area contributed by atoms with Gasteiger partial charge in [0.15, 0.2) is 5.96 Å². The second-order valence-electron chi connectivity index (χ2n) is 5.97. The number of rotatable bonds is 10. The minimum atomic E-state index is -0.799. The fourth-order valence-electron chi connectivity index (χ4n) is 2.28. The molecule has 28 heavy (non-hydrogen) atoms. The molecule has 1 atom stereocenters. The van der Waals surface area contributed by atoms with Crippen molar-refractivity contribution >= 4 is 23.0 Å². The van der Waals surface area contributed by atoms with Crippen LogP contribution in [0, 0.1) is 17.0 Å². The Labute approximate surface area is 167 Å². The lowest BCUT2D eigenvalue weighted by molar-refractivity contribution is -0.384. The van der Waals surface area contributed by atoms with E-state index in [0.717, 1.165) is 17.1 Å². The molecule has 0 aliphatic heterocycles. The van der Waals surface area contributed by atoms with Gasteiger partial charge >= 0.3 is 0 Å². The zero-order valence-electron chi connectivity index (χ0n) is 15.9. The van der Waals surface area contributed by atoms with Crippen molar-refractivity contribution in [3.63, 3.8) is 0 Å². The third-order valence-electron chi connectivity index (χ3n) is 3.63. The van der Waals surface area contributed by atoms with Crippen LogP contribution >= 0.6 is 11.3 Å². The summed E-state index contributed by atoms with van der Waals surface area (Å²) < 4.78 is 5.45. The molecule has 10 heteroatoms. The summed E-state index contributed by atoms with van der Waals surface area (Å²) in [4.78, 5) is 18.9. The molecule has 2 aromatic rings. The molecule has 0 saturated carbocycles. The van der Waals surface area contributed by atoms with Crippen molar-refractivity contribution in [2.75, 3.05) is 26.2 Å². The number of aromatic nitrogens is 1. The normalized spacial score (nSPS) is 12.5. The number of hydrogen-bond donors (Lipinski definition) is 3. The Morgan fingerprint density at radius 1 is 1.39 bits per heavy atom. The van der Waals surface area contributed by atoms with E-state index in [9.17, 15) is 15.2 Å². The first-order valence-corrected chi connectivity index (χ1v) is 9.84. The quantitative estimate of drug-likeness (QED) is 0.238. The highest BCUT2D eigenvalue weighted by atomic mass is 32.1. The average molecular weight is 407 g/mol. The predicted octanol–water partition coefficient (Wildman–Crippen LogP) is 1.90. The predicted molar refractivity (Wildman–Crippen MR) is 109 cm³/mol. The summed E-state index contributed by atoms with van der Waals surface area (Å²) in [6, 6.07) is 5.72. The summed E-state index contributed by atoms with van der Waals surface area (Å²) in [5, 5.41) is 30.1. The zero-order chi connectivity index (χ0) is 20.4. The van der Waals surface area contributed by atoms with Gasteiger partial charge in [-0.15, -0.1) is 11.3 Å². The van der Waals surface area contributed by atoms with Gasteiger partial charge in [-0.2, -0.15) is 0 Å². The van der Waals surface area contributed by atoms with Crippen LogP contribution in [0.2, 0.25) is 0 Å². The number of nitrogens with one attached hydrogen (secondary N) is 2. The molecule has 2 rings (SSSR count). The number of ether oxygens (including phenoxy) is 1. The standard InChI is InChI=1S/C18H25N5O4S/c1-3-19-18(20-9-8-14-12-28-13(2)22-14)21-10-16(24)11-27-17-6-4-15(5-7-17)23(25)26/h4-7,12,16,24H,3,8-11H2,1-2H3,(H2,19,20,21). The van der Waals surface area contributed by atoms with Crippen molar-refractivity contribution in [1.82, 2.24) is 15.6 Å². The molecule has 152 valence electrons. The maximum atomic E-state index is 10.6. The molecule has 1 aromatic carbocycles. The lowest BCUT2D eigenvalue weighted by atomic mass is 10.3. The summed E-state index contributed by atoms with van der Waals surface area (Å²) >= 11 is 1.63. The average Bonchev–Trinajstić information content (AvgIpc) is 3.09. The van der Waals surface area contributed by atoms with Crippen LogP contribution in [0.3, 0.4) is 0 Å². The van der Waals surface area contributed by atoms with Crippen molar-refractivity contribution in [3.05, 3.63) is 50.5 Å². The van der Waals surface area contributed by atoms with Crippen molar-refractivity contribution in [1.29, 1.82) is 0 Å². The molecule has 0 fully saturated rings. The molecule has 0 saturated heterocycles. The van der Waals surface area contributed by atoms with Crippen molar-refractivity contribution < 1.29 is 14.8 Å². The van der Waals surface area contributed by atoms with Crippen LogP contribution in [0.5, 0.6) is 5.75 Å². The van der Waals surface area contributed by atoms with Gasteiger partial charge < -0.3 is 20.5 Å². The second kappa shape index (κ2) is 11.2. The summed E-state index contributed by atoms with van der Waals surface area (Å²) in [6.07, 6.45) is -0.00700. The SMILES string of the molecule is CCNC(=NCC(O)COc1ccc([N+](=O)[O-])cc1)NCCc1csc(C)n1. The number of benzene rings is 1. The number of aryl methyl sites for hydroxylation is 1. The third-order valence-corrected chi connectivity index (χ3v) is 4.46. The third kappa shape index (κ3) is 7.49. The number of aliphatic imine (C=N–C) groups is 1. The number of nitro groups is 1. The van der Waals surface area contributed by atoms with Gasteiger partial charge in [0.05, 0.1) is 22.2 Å². The Kier molecular flexibility index (Phi) is 8.63. The summed E-state index contributed by atoms with van der Waals surface area (Å²) in [5.41, 5.74) is 1.04. The first kappa shape index (κ1) is 21.6. The van der Waals surface area contributed by atoms with Crippen molar-refractivity contribution in [3.8, 4) is 5.75 Å². The number of nitro benzene ring substituents is 1. The van der Waals surface area contributed by atoms with Gasteiger partial charge in [-0.25, -0.2) is 4.98 Å². The van der Waals surface area contributed by atoms with E-state index in [0.29, 0.717) is 24.8 Å². The molecule has 0 aliphatic carbocycles. The molecule has 9 nitrogen and oxygen atoms in total. The minimum Gasteiger partial charge on any atom is -0.491 e. The summed E-state index contributed by atoms with van der Waals surface area (Å²) in [5.74, 6) is 1.07. The first-order valence-electron chi connectivity index (χ1n) is 8.96. The molecule has 1 aromatic heterocycles. The van der Waals surface area contributed by atoms with E-state index in [2.05, 4.69) is 20.6 Å². The molecular formula is C18H25N5O4S. The lowest BCUT2D eigenvalue weighted by Crippen LogP contribution is -2.39. The van der Waals surface area contributed by atoms with E-state index >= 15 is 0 Å². The molecule has 0 radical (unpaired) electrons. The fourth-order valence-corrected chi connectivity index (χ4v) is 2.93. The van der Waals surface area contributed by atoms with Gasteiger partial charge in [-0.3, -0.25) is 15.1 Å². The van der Waals surface area contributed by atoms with E-state index in [1.165, 1.54) is 24.3 Å². The Morgan fingerprint density at radius 2 is 2.14 bits per heavy atom. The topological polar surface area (TPSA) is 122 Å². The van der Waals surface area contributed by atoms with Gasteiger partial charge in [0.1, 0.15) is 18.5 Å². The van der Waals surface area contributed by atoms with Gasteiger partial charge in [0.25, 0.3) is 5.69 Å². The van der Waals surface area contributed by atoms with Crippen LogP contribution in [-0.2, 0) is 6.42 Å². The highest BCUT2D eigenvalue weighted by molar-refractivity contribution is 7.09. The Morgan fingerprint density at radius 3 is 2.75 bits per heavy atom. The van der Waals surface area contributed by atoms with Crippen LogP contribution in [0.1, 0.15) is 17.6 Å². The summed E-state index contributed by atoms with van der Waals surface area (Å²) in [7, 11) is 0. The number of hydrogen-bond acceptors (Lipinski definition) is 7. The largest absolute Gasteiger partial charge is 0.491 e. The smallest absolute Gasteiger partial charge is 0.269 e. The number of non-ortho nitro benzene ring substituents is 1. The van der Waals surface area contributed by atoms with Crippen LogP contribution in [0.25, 0.3) is 0 Å². The molecule has 1 unspecified atom stereocenters. The van der Waals surface area contributed by atoms with Crippen LogP contribution in [0.15, 0.2) is 34.6 Å². The fraction of sp³-hybridized carbons (Fsp3) is 0.444. The molecule has 0 spiro atoms. The van der Waals surface area contributed by atoms with E-state index in [4.69, 9.17) is 4.74 Å². The molecule has 0 amide bonds. The van der Waals surface area contributed by atoms with E-state index in [1.54, 1.807) is 11.3 Å². The van der Waals surface area contributed by atoms with Gasteiger partial charge in [-0.05, 0) is 26.0 Å². The zero-order valence-corrected chi connectivity index (χ0v) is 16.7. The van der Waals surface area contributed by atoms with Gasteiger partial charge in [0.2, 0.25) is 0 Å². The van der Waals surface area contributed by atoms with Gasteiger partial charge in [-0.1, -0.05) is 0 Å². The van der Waals surface area contributed by atoms with Crippen LogP contribution < -0.4 is 15.4 Å². The first-order chi connectivity index (χ1) is 13.5. The lowest BCUT2D eigenvalue weighted by Gasteiger charge is -2.13. The number of guanidine groups is 1. The van der Waals surface area contributed by atoms with E-state index < -0.39 is 11.0 Å². The molecular weight excluding hydrogens is 382 g/mol.